The first-order valence-corrected chi connectivity index (χ1v) is 11.5. The summed E-state index contributed by atoms with van der Waals surface area (Å²) in [7, 11) is -3.65. The van der Waals surface area contributed by atoms with E-state index in [0.29, 0.717) is 22.9 Å². The van der Waals surface area contributed by atoms with E-state index in [1.807, 2.05) is 30.5 Å². The third-order valence-electron chi connectivity index (χ3n) is 4.54. The van der Waals surface area contributed by atoms with Crippen LogP contribution in [0.4, 0.5) is 4.39 Å². The van der Waals surface area contributed by atoms with Crippen molar-refractivity contribution in [2.75, 3.05) is 6.26 Å². The van der Waals surface area contributed by atoms with Gasteiger partial charge in [-0.3, -0.25) is 0 Å². The Balaban J connectivity index is 1.80. The molecule has 2 heterocycles. The van der Waals surface area contributed by atoms with Crippen LogP contribution in [-0.4, -0.2) is 24.6 Å². The third-order valence-corrected chi connectivity index (χ3v) is 6.25. The number of benzene rings is 2. The number of sulfone groups is 1. The second-order valence-corrected chi connectivity index (χ2v) is 9.43. The number of oxazole rings is 1. The van der Waals surface area contributed by atoms with E-state index in [9.17, 15) is 12.8 Å². The minimum atomic E-state index is -3.65. The summed E-state index contributed by atoms with van der Waals surface area (Å²) in [5.74, 6) is 0.00570. The molecule has 0 saturated carbocycles. The summed E-state index contributed by atoms with van der Waals surface area (Å²) >= 11 is 1.53. The van der Waals surface area contributed by atoms with Gasteiger partial charge in [-0.25, -0.2) is 22.8 Å². The van der Waals surface area contributed by atoms with Crippen molar-refractivity contribution >= 4 is 21.2 Å². The Morgan fingerprint density at radius 1 is 1.07 bits per heavy atom. The molecule has 0 fully saturated rings. The zero-order chi connectivity index (χ0) is 20.8. The largest absolute Gasteiger partial charge is 0.440 e. The van der Waals surface area contributed by atoms with Crippen LogP contribution in [0.3, 0.4) is 0 Å². The van der Waals surface area contributed by atoms with Crippen LogP contribution in [0.15, 0.2) is 56.6 Å². The fraction of sp³-hybridized carbons (Fsp3) is 0.143. The predicted octanol–water partition coefficient (Wildman–Crippen LogP) is 5.29. The summed E-state index contributed by atoms with van der Waals surface area (Å²) < 4.78 is 43.5. The van der Waals surface area contributed by atoms with Crippen LogP contribution in [0, 0.1) is 19.7 Å². The van der Waals surface area contributed by atoms with Crippen LogP contribution < -0.4 is 0 Å². The molecule has 0 aliphatic carbocycles. The van der Waals surface area contributed by atoms with E-state index in [0.717, 1.165) is 34.7 Å². The molecule has 148 valence electrons. The fourth-order valence-electron chi connectivity index (χ4n) is 3.21. The molecule has 8 heteroatoms. The van der Waals surface area contributed by atoms with Crippen LogP contribution in [0.1, 0.15) is 11.5 Å². The van der Waals surface area contributed by atoms with E-state index in [2.05, 4.69) is 9.97 Å². The Kier molecular flexibility index (Phi) is 4.84. The number of rotatable bonds is 4. The first kappa shape index (κ1) is 19.5. The van der Waals surface area contributed by atoms with E-state index in [1.165, 1.54) is 23.5 Å². The lowest BCUT2D eigenvalue weighted by Gasteiger charge is -2.08. The summed E-state index contributed by atoms with van der Waals surface area (Å²) in [6.45, 7) is 3.70. The topological polar surface area (TPSA) is 73.1 Å². The number of halogens is 1. The fourth-order valence-corrected chi connectivity index (χ4v) is 4.49. The maximum atomic E-state index is 14.4. The number of hydrogen-bond acceptors (Lipinski definition) is 6. The normalized spacial score (nSPS) is 11.7. The molecule has 0 amide bonds. The molecule has 5 nitrogen and oxygen atoms in total. The number of aryl methyl sites for hydroxylation is 2. The molecule has 0 spiro atoms. The second kappa shape index (κ2) is 7.20. The molecule has 0 N–H and O–H groups in total. The van der Waals surface area contributed by atoms with Crippen molar-refractivity contribution < 1.29 is 17.2 Å². The van der Waals surface area contributed by atoms with E-state index in [1.54, 1.807) is 12.4 Å². The van der Waals surface area contributed by atoms with Crippen molar-refractivity contribution in [1.29, 1.82) is 0 Å². The number of nitrogens with zero attached hydrogens (tertiary/aromatic N) is 2. The average molecular weight is 429 g/mol. The first-order chi connectivity index (χ1) is 13.7. The highest BCUT2D eigenvalue weighted by atomic mass is 32.2. The van der Waals surface area contributed by atoms with Crippen LogP contribution >= 0.6 is 11.3 Å². The van der Waals surface area contributed by atoms with E-state index in [-0.39, 0.29) is 4.90 Å². The maximum Gasteiger partial charge on any atom is 0.192 e. The lowest BCUT2D eigenvalue weighted by atomic mass is 9.99. The summed E-state index contributed by atoms with van der Waals surface area (Å²) in [6.07, 6.45) is 0.974. The molecule has 0 atom stereocenters. The van der Waals surface area contributed by atoms with Crippen LogP contribution in [0.2, 0.25) is 0 Å². The van der Waals surface area contributed by atoms with Gasteiger partial charge in [0.25, 0.3) is 0 Å². The highest BCUT2D eigenvalue weighted by Gasteiger charge is 2.20. The first-order valence-electron chi connectivity index (χ1n) is 8.71. The molecule has 4 rings (SSSR count). The maximum absolute atomic E-state index is 14.4. The van der Waals surface area contributed by atoms with Gasteiger partial charge in [0.1, 0.15) is 16.4 Å². The molecule has 0 aliphatic rings. The van der Waals surface area contributed by atoms with Gasteiger partial charge in [0.15, 0.2) is 21.5 Å². The van der Waals surface area contributed by atoms with Gasteiger partial charge < -0.3 is 4.42 Å². The van der Waals surface area contributed by atoms with Gasteiger partial charge in [0, 0.05) is 35.2 Å². The molecule has 29 heavy (non-hydrogen) atoms. The van der Waals surface area contributed by atoms with Gasteiger partial charge in [0.2, 0.25) is 0 Å². The summed E-state index contributed by atoms with van der Waals surface area (Å²) in [4.78, 5) is 8.48. The van der Waals surface area contributed by atoms with E-state index < -0.39 is 15.7 Å². The van der Waals surface area contributed by atoms with Gasteiger partial charge in [-0.2, -0.15) is 0 Å². The SMILES string of the molecule is Cc1nc(-c2ccc(-c3cscn3)c(C)c2)c(-c2ccc(S(C)(=O)=O)c(F)c2)o1. The van der Waals surface area contributed by atoms with Crippen molar-refractivity contribution in [1.82, 2.24) is 9.97 Å². The molecule has 4 aromatic rings. The highest BCUT2D eigenvalue weighted by molar-refractivity contribution is 7.90. The quantitative estimate of drug-likeness (QED) is 0.441. The van der Waals surface area contributed by atoms with Crippen LogP contribution in [0.25, 0.3) is 33.8 Å². The van der Waals surface area contributed by atoms with Crippen LogP contribution in [0.5, 0.6) is 0 Å². The number of thiazole rings is 1. The molecule has 0 unspecified atom stereocenters. The highest BCUT2D eigenvalue weighted by Crippen LogP contribution is 2.36. The lowest BCUT2D eigenvalue weighted by molar-refractivity contribution is 0.532. The number of hydrogen-bond donors (Lipinski definition) is 0. The summed E-state index contributed by atoms with van der Waals surface area (Å²) in [6, 6.07) is 9.81. The Morgan fingerprint density at radius 3 is 2.45 bits per heavy atom. The zero-order valence-electron chi connectivity index (χ0n) is 15.9. The molecule has 0 bridgehead atoms. The van der Waals surface area contributed by atoms with Crippen molar-refractivity contribution in [2.45, 2.75) is 18.7 Å². The molecule has 0 aliphatic heterocycles. The van der Waals surface area contributed by atoms with Crippen LogP contribution in [-0.2, 0) is 9.84 Å². The van der Waals surface area contributed by atoms with Gasteiger partial charge in [-0.1, -0.05) is 12.1 Å². The molecule has 2 aromatic heterocycles. The standard InChI is InChI=1S/C21H17FN2O3S2/c1-12-8-14(4-6-16(12)18-10-28-11-23-18)20-21(27-13(2)24-20)15-5-7-19(17(22)9-15)29(3,25)26/h4-11H,1-3H3. The minimum Gasteiger partial charge on any atom is -0.440 e. The second-order valence-electron chi connectivity index (χ2n) is 6.73. The van der Waals surface area contributed by atoms with E-state index in [4.69, 9.17) is 4.42 Å². The van der Waals surface area contributed by atoms with E-state index >= 15 is 0 Å². The van der Waals surface area contributed by atoms with Gasteiger partial charge in [0.05, 0.1) is 11.2 Å². The van der Waals surface area contributed by atoms with Gasteiger partial charge >= 0.3 is 0 Å². The van der Waals surface area contributed by atoms with Crippen molar-refractivity contribution in [3.63, 3.8) is 0 Å². The molecule has 0 radical (unpaired) electrons. The average Bonchev–Trinajstić information content (AvgIpc) is 3.30. The monoisotopic (exact) mass is 428 g/mol. The molecular weight excluding hydrogens is 411 g/mol. The Bertz CT molecular complexity index is 1310. The minimum absolute atomic E-state index is 0.345. The third kappa shape index (κ3) is 3.73. The Labute approximate surface area is 171 Å². The predicted molar refractivity (Wildman–Crippen MR) is 111 cm³/mol. The molecular formula is C21H17FN2O3S2. The Morgan fingerprint density at radius 2 is 1.83 bits per heavy atom. The van der Waals surface area contributed by atoms with Crippen molar-refractivity contribution in [2.24, 2.45) is 0 Å². The Hall–Kier alpha value is -2.84. The molecule has 0 saturated heterocycles. The number of aromatic nitrogens is 2. The smallest absolute Gasteiger partial charge is 0.192 e. The van der Waals surface area contributed by atoms with Crippen molar-refractivity contribution in [3.05, 3.63) is 64.6 Å². The van der Waals surface area contributed by atoms with Gasteiger partial charge in [-0.05, 0) is 36.8 Å². The lowest BCUT2D eigenvalue weighted by Crippen LogP contribution is -2.00. The summed E-state index contributed by atoms with van der Waals surface area (Å²) in [5.41, 5.74) is 6.57. The zero-order valence-corrected chi connectivity index (χ0v) is 17.6. The molecule has 2 aromatic carbocycles. The van der Waals surface area contributed by atoms with Crippen molar-refractivity contribution in [3.8, 4) is 33.8 Å². The summed E-state index contributed by atoms with van der Waals surface area (Å²) in [5, 5.41) is 1.99. The van der Waals surface area contributed by atoms with Gasteiger partial charge in [-0.15, -0.1) is 11.3 Å².